The fourth-order valence-corrected chi connectivity index (χ4v) is 1.15. The largest absolute Gasteiger partial charge is 0.490 e. The number of esters is 1. The molecule has 0 saturated heterocycles. The number of ether oxygens (including phenoxy) is 2. The molecule has 0 aliphatic rings. The van der Waals surface area contributed by atoms with E-state index in [4.69, 9.17) is 14.6 Å². The van der Waals surface area contributed by atoms with Crippen LogP contribution < -0.4 is 9.47 Å². The second-order valence-electron chi connectivity index (χ2n) is 2.86. The fraction of sp³-hybridized carbons (Fsp3) is 0.273. The first-order chi connectivity index (χ1) is 7.72. The molecule has 86 valence electrons. The zero-order chi connectivity index (χ0) is 12.0. The molecule has 0 amide bonds. The van der Waals surface area contributed by atoms with Gasteiger partial charge in [-0.15, -0.1) is 0 Å². The predicted octanol–water partition coefficient (Wildman–Crippen LogP) is 0.795. The van der Waals surface area contributed by atoms with E-state index >= 15 is 0 Å². The molecule has 0 atom stereocenters. The van der Waals surface area contributed by atoms with E-state index < -0.39 is 12.6 Å². The van der Waals surface area contributed by atoms with Crippen LogP contribution in [0.1, 0.15) is 17.3 Å². The maximum absolute atomic E-state index is 11.0. The molecule has 1 aromatic rings. The summed E-state index contributed by atoms with van der Waals surface area (Å²) in [6, 6.07) is 4.69. The zero-order valence-electron chi connectivity index (χ0n) is 8.80. The lowest BCUT2D eigenvalue weighted by Crippen LogP contribution is -2.14. The standard InChI is InChI=1S/C11H12O5/c1-2-15-9-5-3-4-8(6-12)11(9)16-10(14)7-13/h3-6,13H,2,7H2,1H3. The van der Waals surface area contributed by atoms with Gasteiger partial charge in [0, 0.05) is 0 Å². The lowest BCUT2D eigenvalue weighted by atomic mass is 10.2. The van der Waals surface area contributed by atoms with Crippen LogP contribution in [-0.2, 0) is 4.79 Å². The summed E-state index contributed by atoms with van der Waals surface area (Å²) in [5, 5.41) is 8.58. The lowest BCUT2D eigenvalue weighted by molar-refractivity contribution is -0.137. The lowest BCUT2D eigenvalue weighted by Gasteiger charge is -2.11. The summed E-state index contributed by atoms with van der Waals surface area (Å²) in [7, 11) is 0. The van der Waals surface area contributed by atoms with E-state index in [1.54, 1.807) is 19.1 Å². The molecule has 1 aromatic carbocycles. The molecule has 5 heteroatoms. The summed E-state index contributed by atoms with van der Waals surface area (Å²) in [6.45, 7) is 1.40. The molecule has 0 aromatic heterocycles. The van der Waals surface area contributed by atoms with Gasteiger partial charge in [0.25, 0.3) is 0 Å². The molecular formula is C11H12O5. The third-order valence-electron chi connectivity index (χ3n) is 1.78. The second kappa shape index (κ2) is 5.87. The molecular weight excluding hydrogens is 212 g/mol. The van der Waals surface area contributed by atoms with Gasteiger partial charge in [-0.2, -0.15) is 0 Å². The first-order valence-electron chi connectivity index (χ1n) is 4.75. The highest BCUT2D eigenvalue weighted by Gasteiger charge is 2.13. The average Bonchev–Trinajstić information content (AvgIpc) is 2.31. The summed E-state index contributed by atoms with van der Waals surface area (Å²) in [5.41, 5.74) is 0.202. The third kappa shape index (κ3) is 2.80. The number of aliphatic hydroxyl groups is 1. The minimum Gasteiger partial charge on any atom is -0.490 e. The van der Waals surface area contributed by atoms with Crippen LogP contribution in [0.5, 0.6) is 11.5 Å². The SMILES string of the molecule is CCOc1cccc(C=O)c1OC(=O)CO. The molecule has 5 nitrogen and oxygen atoms in total. The highest BCUT2D eigenvalue weighted by Crippen LogP contribution is 2.30. The van der Waals surface area contributed by atoms with Crippen LogP contribution in [0, 0.1) is 0 Å². The fourth-order valence-electron chi connectivity index (χ4n) is 1.15. The van der Waals surface area contributed by atoms with Gasteiger partial charge in [-0.25, -0.2) is 4.79 Å². The minimum atomic E-state index is -0.838. The Morgan fingerprint density at radius 1 is 1.50 bits per heavy atom. The maximum atomic E-state index is 11.0. The Labute approximate surface area is 92.6 Å². The van der Waals surface area contributed by atoms with Crippen molar-refractivity contribution in [3.63, 3.8) is 0 Å². The van der Waals surface area contributed by atoms with E-state index in [-0.39, 0.29) is 11.3 Å². The van der Waals surface area contributed by atoms with E-state index in [0.717, 1.165) is 0 Å². The van der Waals surface area contributed by atoms with Crippen molar-refractivity contribution < 1.29 is 24.2 Å². The monoisotopic (exact) mass is 224 g/mol. The van der Waals surface area contributed by atoms with E-state index in [2.05, 4.69) is 0 Å². The van der Waals surface area contributed by atoms with Gasteiger partial charge in [-0.05, 0) is 19.1 Å². The van der Waals surface area contributed by atoms with Crippen LogP contribution in [0.15, 0.2) is 18.2 Å². The van der Waals surface area contributed by atoms with Gasteiger partial charge in [0.15, 0.2) is 17.8 Å². The van der Waals surface area contributed by atoms with Crippen LogP contribution in [-0.4, -0.2) is 30.6 Å². The van der Waals surface area contributed by atoms with Crippen molar-refractivity contribution in [1.29, 1.82) is 0 Å². The molecule has 0 unspecified atom stereocenters. The van der Waals surface area contributed by atoms with Crippen LogP contribution in [0.25, 0.3) is 0 Å². The number of para-hydroxylation sites is 1. The van der Waals surface area contributed by atoms with Crippen LogP contribution in [0.2, 0.25) is 0 Å². The van der Waals surface area contributed by atoms with E-state index in [0.29, 0.717) is 18.6 Å². The smallest absolute Gasteiger partial charge is 0.337 e. The Morgan fingerprint density at radius 3 is 2.81 bits per heavy atom. The van der Waals surface area contributed by atoms with Crippen LogP contribution in [0.3, 0.4) is 0 Å². The molecule has 0 saturated carbocycles. The Morgan fingerprint density at radius 2 is 2.25 bits per heavy atom. The summed E-state index contributed by atoms with van der Waals surface area (Å²) < 4.78 is 10.0. The second-order valence-corrected chi connectivity index (χ2v) is 2.86. The summed E-state index contributed by atoms with van der Waals surface area (Å²) in [6.07, 6.45) is 0.558. The zero-order valence-corrected chi connectivity index (χ0v) is 8.80. The average molecular weight is 224 g/mol. The molecule has 0 fully saturated rings. The third-order valence-corrected chi connectivity index (χ3v) is 1.78. The van der Waals surface area contributed by atoms with Gasteiger partial charge in [-0.1, -0.05) is 6.07 Å². The molecule has 1 N–H and O–H groups in total. The number of carbonyl (C=O) groups excluding carboxylic acids is 2. The Hall–Kier alpha value is -1.88. The molecule has 0 radical (unpaired) electrons. The highest BCUT2D eigenvalue weighted by atomic mass is 16.6. The van der Waals surface area contributed by atoms with Gasteiger partial charge in [-0.3, -0.25) is 4.79 Å². The summed E-state index contributed by atoms with van der Waals surface area (Å²) >= 11 is 0. The summed E-state index contributed by atoms with van der Waals surface area (Å²) in [4.78, 5) is 21.7. The first-order valence-corrected chi connectivity index (χ1v) is 4.75. The number of aliphatic hydroxyl groups excluding tert-OH is 1. The quantitative estimate of drug-likeness (QED) is 0.455. The van der Waals surface area contributed by atoms with Crippen molar-refractivity contribution in [3.05, 3.63) is 23.8 Å². The predicted molar refractivity (Wildman–Crippen MR) is 55.7 cm³/mol. The van der Waals surface area contributed by atoms with Gasteiger partial charge in [0.2, 0.25) is 0 Å². The van der Waals surface area contributed by atoms with Crippen molar-refractivity contribution in [2.75, 3.05) is 13.2 Å². The maximum Gasteiger partial charge on any atom is 0.337 e. The summed E-state index contributed by atoms with van der Waals surface area (Å²) in [5.74, 6) is -0.498. The normalized spacial score (nSPS) is 9.62. The number of hydrogen-bond acceptors (Lipinski definition) is 5. The van der Waals surface area contributed by atoms with Crippen molar-refractivity contribution in [1.82, 2.24) is 0 Å². The topological polar surface area (TPSA) is 72.8 Å². The van der Waals surface area contributed by atoms with E-state index in [9.17, 15) is 9.59 Å². The van der Waals surface area contributed by atoms with Crippen molar-refractivity contribution in [2.24, 2.45) is 0 Å². The highest BCUT2D eigenvalue weighted by molar-refractivity contribution is 5.84. The van der Waals surface area contributed by atoms with Crippen LogP contribution >= 0.6 is 0 Å². The Bertz CT molecular complexity index is 386. The van der Waals surface area contributed by atoms with E-state index in [1.807, 2.05) is 0 Å². The minimum absolute atomic E-state index is 0.0402. The number of carbonyl (C=O) groups is 2. The molecule has 0 bridgehead atoms. The Balaban J connectivity index is 3.08. The van der Waals surface area contributed by atoms with Gasteiger partial charge < -0.3 is 14.6 Å². The first kappa shape index (κ1) is 12.2. The van der Waals surface area contributed by atoms with Crippen molar-refractivity contribution in [3.8, 4) is 11.5 Å². The van der Waals surface area contributed by atoms with Crippen molar-refractivity contribution in [2.45, 2.75) is 6.92 Å². The molecule has 16 heavy (non-hydrogen) atoms. The number of hydrogen-bond donors (Lipinski definition) is 1. The van der Waals surface area contributed by atoms with Gasteiger partial charge in [0.1, 0.15) is 6.61 Å². The van der Waals surface area contributed by atoms with E-state index in [1.165, 1.54) is 6.07 Å². The van der Waals surface area contributed by atoms with Crippen LogP contribution in [0.4, 0.5) is 0 Å². The number of aldehydes is 1. The molecule has 1 rings (SSSR count). The molecule has 0 aliphatic carbocycles. The van der Waals surface area contributed by atoms with Gasteiger partial charge >= 0.3 is 5.97 Å². The molecule has 0 aliphatic heterocycles. The Kier molecular flexibility index (Phi) is 4.47. The number of rotatable bonds is 5. The van der Waals surface area contributed by atoms with Gasteiger partial charge in [0.05, 0.1) is 12.2 Å². The van der Waals surface area contributed by atoms with Crippen molar-refractivity contribution >= 4 is 12.3 Å². The molecule has 0 spiro atoms. The number of benzene rings is 1. The molecule has 0 heterocycles.